The van der Waals surface area contributed by atoms with Crippen LogP contribution in [-0.4, -0.2) is 156 Å². The summed E-state index contributed by atoms with van der Waals surface area (Å²) in [4.78, 5) is 0. The zero-order valence-corrected chi connectivity index (χ0v) is 15.1. The fraction of sp³-hybridized carbons (Fsp3) is 1.00. The molecule has 7 atom stereocenters. The van der Waals surface area contributed by atoms with Crippen LogP contribution < -0.4 is 0 Å². The van der Waals surface area contributed by atoms with Crippen LogP contribution in [0.4, 0.5) is 0 Å². The zero-order valence-electron chi connectivity index (χ0n) is 15.1. The molecule has 0 aromatic carbocycles. The Balaban J connectivity index is 5.60. The van der Waals surface area contributed by atoms with Crippen LogP contribution >= 0.6 is 0 Å². The summed E-state index contributed by atoms with van der Waals surface area (Å²) >= 11 is 0. The maximum absolute atomic E-state index is 10.3. The Morgan fingerprint density at radius 3 is 1.07 bits per heavy atom. The van der Waals surface area contributed by atoms with Gasteiger partial charge in [0.25, 0.3) is 0 Å². The standard InChI is InChI=1S/C15H34NO11/c17-5-9(21)1-16(2-10(22)6-18,3-11(23)7-19)4-12(24)14(26)15(27)13(25)8-20/h9-15,17-27H,1-8H2/q+1. The van der Waals surface area contributed by atoms with E-state index in [2.05, 4.69) is 0 Å². The molecule has 0 aliphatic rings. The van der Waals surface area contributed by atoms with Gasteiger partial charge in [-0.25, -0.2) is 0 Å². The van der Waals surface area contributed by atoms with E-state index in [0.29, 0.717) is 0 Å². The highest BCUT2D eigenvalue weighted by Gasteiger charge is 2.41. The average Bonchev–Trinajstić information content (AvgIpc) is 2.65. The van der Waals surface area contributed by atoms with Crippen LogP contribution in [0.15, 0.2) is 0 Å². The second-order valence-corrected chi connectivity index (χ2v) is 6.88. The number of aliphatic hydroxyl groups excluding tert-OH is 11. The van der Waals surface area contributed by atoms with Crippen LogP contribution in [0.5, 0.6) is 0 Å². The van der Waals surface area contributed by atoms with Crippen molar-refractivity contribution < 1.29 is 60.7 Å². The summed E-state index contributed by atoms with van der Waals surface area (Å²) in [5.74, 6) is 0. The highest BCUT2D eigenvalue weighted by atomic mass is 16.4. The van der Waals surface area contributed by atoms with Gasteiger partial charge in [-0.15, -0.1) is 0 Å². The lowest BCUT2D eigenvalue weighted by molar-refractivity contribution is -0.939. The second-order valence-electron chi connectivity index (χ2n) is 6.88. The van der Waals surface area contributed by atoms with Gasteiger partial charge in [0.2, 0.25) is 0 Å². The lowest BCUT2D eigenvalue weighted by atomic mass is 10.0. The van der Waals surface area contributed by atoms with Gasteiger partial charge in [0.05, 0.1) is 26.4 Å². The van der Waals surface area contributed by atoms with Gasteiger partial charge in [-0.3, -0.25) is 0 Å². The van der Waals surface area contributed by atoms with Crippen LogP contribution in [0, 0.1) is 0 Å². The third kappa shape index (κ3) is 9.04. The van der Waals surface area contributed by atoms with Gasteiger partial charge in [0, 0.05) is 0 Å². The fourth-order valence-electron chi connectivity index (χ4n) is 3.03. The first-order valence-corrected chi connectivity index (χ1v) is 8.60. The molecule has 0 radical (unpaired) electrons. The zero-order chi connectivity index (χ0) is 21.2. The quantitative estimate of drug-likeness (QED) is 0.115. The van der Waals surface area contributed by atoms with Gasteiger partial charge >= 0.3 is 0 Å². The molecule has 0 aromatic rings. The van der Waals surface area contributed by atoms with E-state index < -0.39 is 80.2 Å². The maximum Gasteiger partial charge on any atom is 0.131 e. The second kappa shape index (κ2) is 12.9. The molecule has 0 aromatic heterocycles. The van der Waals surface area contributed by atoms with Crippen molar-refractivity contribution >= 4 is 0 Å². The summed E-state index contributed by atoms with van der Waals surface area (Å²) in [5.41, 5.74) is 0. The molecule has 0 bridgehead atoms. The van der Waals surface area contributed by atoms with E-state index in [0.717, 1.165) is 0 Å². The first-order valence-electron chi connectivity index (χ1n) is 8.60. The molecule has 7 unspecified atom stereocenters. The summed E-state index contributed by atoms with van der Waals surface area (Å²) in [6.45, 7) is -4.39. The van der Waals surface area contributed by atoms with Crippen LogP contribution in [0.2, 0.25) is 0 Å². The van der Waals surface area contributed by atoms with E-state index >= 15 is 0 Å². The average molecular weight is 404 g/mol. The van der Waals surface area contributed by atoms with Crippen molar-refractivity contribution in [2.75, 3.05) is 52.6 Å². The molecular weight excluding hydrogens is 370 g/mol. The first kappa shape index (κ1) is 26.5. The topological polar surface area (TPSA) is 223 Å². The first-order chi connectivity index (χ1) is 12.6. The molecule has 0 fully saturated rings. The van der Waals surface area contributed by atoms with Gasteiger partial charge < -0.3 is 60.7 Å². The normalized spacial score (nSPS) is 22.3. The maximum atomic E-state index is 10.3. The van der Waals surface area contributed by atoms with Crippen LogP contribution in [0.1, 0.15) is 0 Å². The predicted molar refractivity (Wildman–Crippen MR) is 90.1 cm³/mol. The molecule has 0 amide bonds. The van der Waals surface area contributed by atoms with Crippen molar-refractivity contribution in [2.24, 2.45) is 0 Å². The molecule has 0 aliphatic heterocycles. The fourth-order valence-corrected chi connectivity index (χ4v) is 3.03. The van der Waals surface area contributed by atoms with Crippen molar-refractivity contribution in [1.82, 2.24) is 0 Å². The van der Waals surface area contributed by atoms with E-state index in [-0.39, 0.29) is 19.6 Å². The predicted octanol–water partition coefficient (Wildman–Crippen LogP) is -6.70. The minimum atomic E-state index is -1.92. The van der Waals surface area contributed by atoms with Crippen molar-refractivity contribution in [3.63, 3.8) is 0 Å². The molecule has 12 heteroatoms. The molecule has 0 heterocycles. The highest BCUT2D eigenvalue weighted by molar-refractivity contribution is 4.81. The number of quaternary nitrogens is 1. The smallest absolute Gasteiger partial charge is 0.131 e. The van der Waals surface area contributed by atoms with Crippen molar-refractivity contribution in [1.29, 1.82) is 0 Å². The minimum absolute atomic E-state index is 0.326. The van der Waals surface area contributed by atoms with Gasteiger partial charge in [-0.2, -0.15) is 0 Å². The third-order valence-corrected chi connectivity index (χ3v) is 4.33. The molecule has 0 aliphatic carbocycles. The van der Waals surface area contributed by atoms with E-state index in [1.807, 2.05) is 0 Å². The summed E-state index contributed by atoms with van der Waals surface area (Å²) in [7, 11) is 0. The van der Waals surface area contributed by atoms with Crippen LogP contribution in [0.3, 0.4) is 0 Å². The highest BCUT2D eigenvalue weighted by Crippen LogP contribution is 2.17. The Kier molecular flexibility index (Phi) is 12.6. The molecular formula is C15H34NO11+. The monoisotopic (exact) mass is 404 g/mol. The van der Waals surface area contributed by atoms with Gasteiger partial charge in [-0.1, -0.05) is 0 Å². The van der Waals surface area contributed by atoms with E-state index in [4.69, 9.17) is 20.4 Å². The lowest BCUT2D eigenvalue weighted by Crippen LogP contribution is -2.64. The van der Waals surface area contributed by atoms with Gasteiger partial charge in [0.1, 0.15) is 68.9 Å². The minimum Gasteiger partial charge on any atom is -0.394 e. The third-order valence-electron chi connectivity index (χ3n) is 4.33. The summed E-state index contributed by atoms with van der Waals surface area (Å²) in [5, 5.41) is 105. The number of aliphatic hydroxyl groups is 11. The van der Waals surface area contributed by atoms with E-state index in [1.165, 1.54) is 0 Å². The molecule has 0 saturated carbocycles. The van der Waals surface area contributed by atoms with Crippen molar-refractivity contribution in [3.8, 4) is 0 Å². The Morgan fingerprint density at radius 2 is 0.778 bits per heavy atom. The van der Waals surface area contributed by atoms with E-state index in [1.54, 1.807) is 0 Å². The summed E-state index contributed by atoms with van der Waals surface area (Å²) < 4.78 is -0.536. The SMILES string of the molecule is OCC(O)C[N+](CC(O)CO)(CC(O)CO)CC(O)C(O)C(O)C(O)CO. The Labute approximate surface area is 157 Å². The molecule has 0 rings (SSSR count). The molecule has 0 saturated heterocycles. The molecule has 11 N–H and O–H groups in total. The summed E-state index contributed by atoms with van der Waals surface area (Å²) in [6, 6.07) is 0. The Hall–Kier alpha value is -0.480. The molecule has 0 spiro atoms. The molecule has 27 heavy (non-hydrogen) atoms. The van der Waals surface area contributed by atoms with Crippen LogP contribution in [-0.2, 0) is 0 Å². The number of hydrogen-bond donors (Lipinski definition) is 11. The number of nitrogens with zero attached hydrogens (tertiary/aromatic N) is 1. The van der Waals surface area contributed by atoms with Gasteiger partial charge in [0.15, 0.2) is 0 Å². The van der Waals surface area contributed by atoms with Crippen molar-refractivity contribution in [2.45, 2.75) is 42.7 Å². The molecule has 164 valence electrons. The number of rotatable bonds is 15. The van der Waals surface area contributed by atoms with Crippen molar-refractivity contribution in [3.05, 3.63) is 0 Å². The van der Waals surface area contributed by atoms with Crippen LogP contribution in [0.25, 0.3) is 0 Å². The lowest BCUT2D eigenvalue weighted by Gasteiger charge is -2.44. The van der Waals surface area contributed by atoms with E-state index in [9.17, 15) is 35.7 Å². The number of hydrogen-bond acceptors (Lipinski definition) is 11. The Morgan fingerprint density at radius 1 is 0.444 bits per heavy atom. The van der Waals surface area contributed by atoms with Gasteiger partial charge in [-0.05, 0) is 0 Å². The molecule has 12 nitrogen and oxygen atoms in total. The largest absolute Gasteiger partial charge is 0.394 e. The Bertz CT molecular complexity index is 357. The summed E-state index contributed by atoms with van der Waals surface area (Å²) in [6.07, 6.45) is -11.3.